The lowest BCUT2D eigenvalue weighted by atomic mass is 9.96. The number of Topliss-reactive ketones (excluding diaryl/α,β-unsaturated/α-hetero) is 1. The first-order valence-electron chi connectivity index (χ1n) is 10.6. The van der Waals surface area contributed by atoms with Gasteiger partial charge in [-0.05, 0) is 30.5 Å². The molecule has 0 bridgehead atoms. The largest absolute Gasteiger partial charge is 0.348 e. The Morgan fingerprint density at radius 1 is 1.12 bits per heavy atom. The number of likely N-dealkylation sites (N-methyl/N-ethyl adjacent to an activating group) is 1. The fourth-order valence-electron chi connectivity index (χ4n) is 4.25. The predicted octanol–water partition coefficient (Wildman–Crippen LogP) is -0.276. The molecule has 2 fully saturated rings. The summed E-state index contributed by atoms with van der Waals surface area (Å²) in [6.07, 6.45) is 0.162. The van der Waals surface area contributed by atoms with Gasteiger partial charge >= 0.3 is 0 Å². The predicted molar refractivity (Wildman–Crippen MR) is 118 cm³/mol. The minimum atomic E-state index is -4.03. The highest BCUT2D eigenvalue weighted by atomic mass is 32.2. The zero-order valence-electron chi connectivity index (χ0n) is 19.3. The first kappa shape index (κ1) is 25.2. The van der Waals surface area contributed by atoms with Crippen molar-refractivity contribution < 1.29 is 27.2 Å². The average molecular weight is 484 g/mol. The molecule has 0 radical (unpaired) electrons. The van der Waals surface area contributed by atoms with Crippen LogP contribution in [-0.2, 0) is 31.1 Å². The molecule has 3 rings (SSSR count). The minimum Gasteiger partial charge on any atom is -0.348 e. The summed E-state index contributed by atoms with van der Waals surface area (Å²) < 4.78 is 42.1. The Labute approximate surface area is 193 Å². The summed E-state index contributed by atoms with van der Waals surface area (Å²) in [6.45, 7) is -0.0576. The third-order valence-electron chi connectivity index (χ3n) is 6.00. The molecule has 2 aliphatic heterocycles. The van der Waals surface area contributed by atoms with Crippen molar-refractivity contribution in [3.05, 3.63) is 35.6 Å². The Hall–Kier alpha value is -2.41. The lowest BCUT2D eigenvalue weighted by Crippen LogP contribution is -2.70. The average Bonchev–Trinajstić information content (AvgIpc) is 2.76. The Balaban J connectivity index is 2.03. The Kier molecular flexibility index (Phi) is 7.52. The molecular weight excluding hydrogens is 453 g/mol. The van der Waals surface area contributed by atoms with Gasteiger partial charge in [-0.2, -0.15) is 17.0 Å². The lowest BCUT2D eigenvalue weighted by molar-refractivity contribution is -0.163. The molecule has 0 saturated carbocycles. The quantitative estimate of drug-likeness (QED) is 0.495. The molecule has 2 atom stereocenters. The fraction of sp³-hybridized carbons (Fsp3) is 0.571. The van der Waals surface area contributed by atoms with E-state index in [1.807, 2.05) is 0 Å². The molecule has 0 N–H and O–H groups in total. The normalized spacial score (nSPS) is 22.1. The monoisotopic (exact) mass is 483 g/mol. The number of piperidine rings is 1. The summed E-state index contributed by atoms with van der Waals surface area (Å²) in [7, 11) is 1.82. The maximum atomic E-state index is 13.4. The van der Waals surface area contributed by atoms with Gasteiger partial charge in [-0.1, -0.05) is 12.1 Å². The molecule has 2 heterocycles. The number of halogens is 1. The van der Waals surface area contributed by atoms with Crippen molar-refractivity contribution in [1.82, 2.24) is 23.3 Å². The van der Waals surface area contributed by atoms with Gasteiger partial charge < -0.3 is 9.80 Å². The van der Waals surface area contributed by atoms with Crippen LogP contribution in [0.4, 0.5) is 4.39 Å². The molecule has 0 aromatic heterocycles. The summed E-state index contributed by atoms with van der Waals surface area (Å²) in [5, 5.41) is 0. The molecular formula is C21H30FN5O5S. The van der Waals surface area contributed by atoms with E-state index in [0.29, 0.717) is 24.9 Å². The second kappa shape index (κ2) is 9.84. The molecule has 1 aromatic carbocycles. The van der Waals surface area contributed by atoms with Gasteiger partial charge in [0.05, 0.1) is 19.1 Å². The van der Waals surface area contributed by atoms with Crippen LogP contribution in [0, 0.1) is 5.82 Å². The fourth-order valence-corrected chi connectivity index (χ4v) is 5.50. The summed E-state index contributed by atoms with van der Waals surface area (Å²) in [4.78, 5) is 42.2. The summed E-state index contributed by atoms with van der Waals surface area (Å²) in [6, 6.07) is 5.04. The Morgan fingerprint density at radius 3 is 2.33 bits per heavy atom. The number of ketones is 1. The van der Waals surface area contributed by atoms with Crippen molar-refractivity contribution in [1.29, 1.82) is 0 Å². The smallest absolute Gasteiger partial charge is 0.292 e. The van der Waals surface area contributed by atoms with Gasteiger partial charge in [0.15, 0.2) is 0 Å². The number of nitrogens with zero attached hydrogens (tertiary/aromatic N) is 5. The summed E-state index contributed by atoms with van der Waals surface area (Å²) >= 11 is 0. The van der Waals surface area contributed by atoms with Gasteiger partial charge in [0, 0.05) is 41.3 Å². The molecule has 12 heteroatoms. The molecule has 0 aliphatic carbocycles. The van der Waals surface area contributed by atoms with E-state index in [2.05, 4.69) is 0 Å². The Morgan fingerprint density at radius 2 is 1.76 bits per heavy atom. The number of hydrogen-bond donors (Lipinski definition) is 0. The number of rotatable bonds is 7. The molecule has 0 spiro atoms. The number of hydrogen-bond acceptors (Lipinski definition) is 6. The van der Waals surface area contributed by atoms with Crippen LogP contribution in [0.3, 0.4) is 0 Å². The van der Waals surface area contributed by atoms with E-state index in [9.17, 15) is 27.2 Å². The van der Waals surface area contributed by atoms with E-state index in [4.69, 9.17) is 0 Å². The van der Waals surface area contributed by atoms with Gasteiger partial charge in [-0.25, -0.2) is 4.39 Å². The number of fused-ring (bicyclic) bond motifs is 1. The highest BCUT2D eigenvalue weighted by Crippen LogP contribution is 2.31. The van der Waals surface area contributed by atoms with Gasteiger partial charge in [0.2, 0.25) is 11.7 Å². The molecule has 1 aromatic rings. The highest BCUT2D eigenvalue weighted by Gasteiger charge is 2.49. The topological polar surface area (TPSA) is 102 Å². The van der Waals surface area contributed by atoms with Crippen molar-refractivity contribution >= 4 is 27.8 Å². The standard InChI is InChI=1S/C21H30FN5O5S/c1-23(2)19(29)14-27(33(31,32)24(3)4)17-6-5-11-26-20(17)25(13-18(28)21(26)30)12-15-7-9-16(22)10-8-15/h7-10,17,20H,5-6,11-14H2,1-4H3. The van der Waals surface area contributed by atoms with Crippen LogP contribution < -0.4 is 0 Å². The number of carbonyl (C=O) groups excluding carboxylic acids is 3. The van der Waals surface area contributed by atoms with Gasteiger partial charge in [-0.3, -0.25) is 19.3 Å². The van der Waals surface area contributed by atoms with Crippen LogP contribution in [0.25, 0.3) is 0 Å². The van der Waals surface area contributed by atoms with Crippen molar-refractivity contribution in [2.75, 3.05) is 47.8 Å². The van der Waals surface area contributed by atoms with E-state index in [0.717, 1.165) is 8.61 Å². The number of carbonyl (C=O) groups is 3. The van der Waals surface area contributed by atoms with Crippen molar-refractivity contribution in [3.63, 3.8) is 0 Å². The third-order valence-corrected chi connectivity index (χ3v) is 7.91. The van der Waals surface area contributed by atoms with Crippen LogP contribution in [0.5, 0.6) is 0 Å². The number of benzene rings is 1. The van der Waals surface area contributed by atoms with E-state index >= 15 is 0 Å². The van der Waals surface area contributed by atoms with Crippen LogP contribution in [0.2, 0.25) is 0 Å². The molecule has 33 heavy (non-hydrogen) atoms. The molecule has 2 saturated heterocycles. The lowest BCUT2D eigenvalue weighted by Gasteiger charge is -2.51. The molecule has 2 amide bonds. The maximum absolute atomic E-state index is 13.4. The molecule has 2 aliphatic rings. The first-order valence-corrected chi connectivity index (χ1v) is 12.0. The second-order valence-electron chi connectivity index (χ2n) is 8.70. The van der Waals surface area contributed by atoms with Gasteiger partial charge in [-0.15, -0.1) is 0 Å². The molecule has 10 nitrogen and oxygen atoms in total. The first-order chi connectivity index (χ1) is 15.4. The summed E-state index contributed by atoms with van der Waals surface area (Å²) in [5.41, 5.74) is 0.717. The van der Waals surface area contributed by atoms with Crippen LogP contribution in [0.1, 0.15) is 18.4 Å². The van der Waals surface area contributed by atoms with Gasteiger partial charge in [0.25, 0.3) is 16.1 Å². The third kappa shape index (κ3) is 5.24. The molecule has 182 valence electrons. The maximum Gasteiger partial charge on any atom is 0.292 e. The zero-order chi connectivity index (χ0) is 24.5. The second-order valence-corrected chi connectivity index (χ2v) is 10.8. The van der Waals surface area contributed by atoms with E-state index in [1.54, 1.807) is 31.1 Å². The minimum absolute atomic E-state index is 0.189. The summed E-state index contributed by atoms with van der Waals surface area (Å²) in [5.74, 6) is -2.03. The van der Waals surface area contributed by atoms with Crippen molar-refractivity contribution in [3.8, 4) is 0 Å². The van der Waals surface area contributed by atoms with Crippen LogP contribution in [-0.4, -0.2) is 109 Å². The number of amides is 2. The van der Waals surface area contributed by atoms with E-state index in [-0.39, 0.29) is 13.1 Å². The van der Waals surface area contributed by atoms with Crippen LogP contribution in [0.15, 0.2) is 24.3 Å². The molecule has 2 unspecified atom stereocenters. The van der Waals surface area contributed by atoms with E-state index in [1.165, 1.54) is 36.0 Å². The van der Waals surface area contributed by atoms with Crippen molar-refractivity contribution in [2.24, 2.45) is 0 Å². The Bertz CT molecular complexity index is 1010. The highest BCUT2D eigenvalue weighted by molar-refractivity contribution is 7.86. The van der Waals surface area contributed by atoms with E-state index < -0.39 is 52.4 Å². The zero-order valence-corrected chi connectivity index (χ0v) is 20.1. The van der Waals surface area contributed by atoms with Gasteiger partial charge in [0.1, 0.15) is 12.0 Å². The van der Waals surface area contributed by atoms with Crippen molar-refractivity contribution in [2.45, 2.75) is 31.6 Å². The SMILES string of the molecule is CN(C)C(=O)CN(C1CCCN2C(=O)C(=O)CN(Cc3ccc(F)cc3)C12)S(=O)(=O)N(C)C. The van der Waals surface area contributed by atoms with Crippen LogP contribution >= 0.6 is 0 Å².